The molecule has 1 aromatic heterocycles. The summed E-state index contributed by atoms with van der Waals surface area (Å²) in [5.74, 6) is -0.888. The van der Waals surface area contributed by atoms with Gasteiger partial charge in [-0.1, -0.05) is 6.07 Å². The maximum atomic E-state index is 11.2. The van der Waals surface area contributed by atoms with Crippen molar-refractivity contribution in [2.24, 2.45) is 0 Å². The second-order valence-corrected chi connectivity index (χ2v) is 4.48. The maximum Gasteiger partial charge on any atom is 0.335 e. The van der Waals surface area contributed by atoms with Gasteiger partial charge >= 0.3 is 5.97 Å². The molecule has 3 heteroatoms. The molecule has 0 spiro atoms. The second-order valence-electron chi connectivity index (χ2n) is 4.48. The van der Waals surface area contributed by atoms with Crippen molar-refractivity contribution in [3.8, 4) is 11.1 Å². The first-order chi connectivity index (χ1) is 8.50. The Labute approximate surface area is 106 Å². The summed E-state index contributed by atoms with van der Waals surface area (Å²) in [5.41, 5.74) is 5.25. The largest absolute Gasteiger partial charge is 0.478 e. The Morgan fingerprint density at radius 3 is 2.39 bits per heavy atom. The van der Waals surface area contributed by atoms with Crippen LogP contribution in [0.4, 0.5) is 0 Å². The zero-order valence-corrected chi connectivity index (χ0v) is 10.7. The van der Waals surface area contributed by atoms with Gasteiger partial charge in [0.05, 0.1) is 5.56 Å². The Kier molecular flexibility index (Phi) is 3.15. The fourth-order valence-electron chi connectivity index (χ4n) is 2.15. The standard InChI is InChI=1S/C15H15NO2/c1-9-6-10(2)14(15(17)18)7-13(9)12-4-5-16-8-11(12)3/h4-8H,1-3H3,(H,17,18). The molecular weight excluding hydrogens is 226 g/mol. The van der Waals surface area contributed by atoms with E-state index >= 15 is 0 Å². The number of carboxylic acids is 1. The summed E-state index contributed by atoms with van der Waals surface area (Å²) in [5, 5.41) is 9.18. The first kappa shape index (κ1) is 12.3. The Morgan fingerprint density at radius 2 is 1.78 bits per heavy atom. The molecule has 2 aromatic rings. The first-order valence-electron chi connectivity index (χ1n) is 5.76. The van der Waals surface area contributed by atoms with Crippen LogP contribution in [0.5, 0.6) is 0 Å². The average Bonchev–Trinajstić information content (AvgIpc) is 2.30. The van der Waals surface area contributed by atoms with Gasteiger partial charge < -0.3 is 5.11 Å². The van der Waals surface area contributed by atoms with Gasteiger partial charge in [-0.3, -0.25) is 4.98 Å². The van der Waals surface area contributed by atoms with E-state index in [1.807, 2.05) is 32.9 Å². The summed E-state index contributed by atoms with van der Waals surface area (Å²) >= 11 is 0. The van der Waals surface area contributed by atoms with Gasteiger partial charge in [-0.05, 0) is 60.7 Å². The van der Waals surface area contributed by atoms with E-state index in [0.717, 1.165) is 27.8 Å². The van der Waals surface area contributed by atoms with Crippen LogP contribution in [-0.2, 0) is 0 Å². The Morgan fingerprint density at radius 1 is 1.06 bits per heavy atom. The highest BCUT2D eigenvalue weighted by Gasteiger charge is 2.12. The molecule has 0 aliphatic carbocycles. The van der Waals surface area contributed by atoms with Gasteiger partial charge in [0.2, 0.25) is 0 Å². The van der Waals surface area contributed by atoms with Crippen LogP contribution in [0.3, 0.4) is 0 Å². The van der Waals surface area contributed by atoms with Crippen molar-refractivity contribution in [2.75, 3.05) is 0 Å². The Hall–Kier alpha value is -2.16. The number of pyridine rings is 1. The molecule has 0 bridgehead atoms. The van der Waals surface area contributed by atoms with Crippen molar-refractivity contribution in [1.29, 1.82) is 0 Å². The number of aromatic carboxylic acids is 1. The third-order valence-electron chi connectivity index (χ3n) is 3.11. The van der Waals surface area contributed by atoms with E-state index in [-0.39, 0.29) is 0 Å². The molecule has 0 fully saturated rings. The lowest BCUT2D eigenvalue weighted by atomic mass is 9.93. The van der Waals surface area contributed by atoms with Gasteiger partial charge in [-0.15, -0.1) is 0 Å². The van der Waals surface area contributed by atoms with Crippen LogP contribution in [0, 0.1) is 20.8 Å². The first-order valence-corrected chi connectivity index (χ1v) is 5.76. The molecule has 0 saturated heterocycles. The van der Waals surface area contributed by atoms with E-state index in [2.05, 4.69) is 4.98 Å². The van der Waals surface area contributed by atoms with Crippen molar-refractivity contribution in [1.82, 2.24) is 4.98 Å². The molecule has 0 aliphatic heterocycles. The summed E-state index contributed by atoms with van der Waals surface area (Å²) in [7, 11) is 0. The monoisotopic (exact) mass is 241 g/mol. The quantitative estimate of drug-likeness (QED) is 0.876. The Balaban J connectivity index is 2.69. The highest BCUT2D eigenvalue weighted by atomic mass is 16.4. The molecule has 1 aromatic carbocycles. The summed E-state index contributed by atoms with van der Waals surface area (Å²) in [6.07, 6.45) is 3.51. The molecular formula is C15H15NO2. The topological polar surface area (TPSA) is 50.2 Å². The van der Waals surface area contributed by atoms with Gasteiger partial charge in [0.25, 0.3) is 0 Å². The lowest BCUT2D eigenvalue weighted by molar-refractivity contribution is 0.0696. The zero-order valence-electron chi connectivity index (χ0n) is 10.7. The molecule has 0 saturated carbocycles. The van der Waals surface area contributed by atoms with Gasteiger partial charge in [-0.2, -0.15) is 0 Å². The van der Waals surface area contributed by atoms with E-state index < -0.39 is 5.97 Å². The minimum Gasteiger partial charge on any atom is -0.478 e. The van der Waals surface area contributed by atoms with Crippen LogP contribution in [0.2, 0.25) is 0 Å². The van der Waals surface area contributed by atoms with Gasteiger partial charge in [0.15, 0.2) is 0 Å². The van der Waals surface area contributed by atoms with Crippen LogP contribution < -0.4 is 0 Å². The maximum absolute atomic E-state index is 11.2. The van der Waals surface area contributed by atoms with Crippen molar-refractivity contribution < 1.29 is 9.90 Å². The molecule has 3 nitrogen and oxygen atoms in total. The van der Waals surface area contributed by atoms with Gasteiger partial charge in [0.1, 0.15) is 0 Å². The van der Waals surface area contributed by atoms with Crippen LogP contribution in [0.15, 0.2) is 30.6 Å². The van der Waals surface area contributed by atoms with E-state index in [1.54, 1.807) is 18.5 Å². The third-order valence-corrected chi connectivity index (χ3v) is 3.11. The number of nitrogens with zero attached hydrogens (tertiary/aromatic N) is 1. The van der Waals surface area contributed by atoms with E-state index in [4.69, 9.17) is 0 Å². The van der Waals surface area contributed by atoms with Crippen molar-refractivity contribution in [3.63, 3.8) is 0 Å². The molecule has 2 rings (SSSR count). The number of hydrogen-bond acceptors (Lipinski definition) is 2. The van der Waals surface area contributed by atoms with E-state index in [9.17, 15) is 9.90 Å². The number of aromatic nitrogens is 1. The van der Waals surface area contributed by atoms with Crippen LogP contribution in [-0.4, -0.2) is 16.1 Å². The number of benzene rings is 1. The van der Waals surface area contributed by atoms with Crippen LogP contribution in [0.25, 0.3) is 11.1 Å². The molecule has 92 valence electrons. The molecule has 18 heavy (non-hydrogen) atoms. The van der Waals surface area contributed by atoms with Crippen molar-refractivity contribution >= 4 is 5.97 Å². The van der Waals surface area contributed by atoms with Gasteiger partial charge in [0, 0.05) is 12.4 Å². The molecule has 0 radical (unpaired) electrons. The normalized spacial score (nSPS) is 10.4. The highest BCUT2D eigenvalue weighted by molar-refractivity contribution is 5.91. The minimum atomic E-state index is -0.888. The molecule has 0 unspecified atom stereocenters. The molecule has 0 aliphatic rings. The third kappa shape index (κ3) is 2.12. The predicted octanol–water partition coefficient (Wildman–Crippen LogP) is 3.37. The molecule has 1 heterocycles. The zero-order chi connectivity index (χ0) is 13.3. The van der Waals surface area contributed by atoms with E-state index in [0.29, 0.717) is 5.56 Å². The number of carboxylic acid groups (broad SMARTS) is 1. The minimum absolute atomic E-state index is 0.354. The van der Waals surface area contributed by atoms with Crippen LogP contribution >= 0.6 is 0 Å². The number of rotatable bonds is 2. The molecule has 1 N–H and O–H groups in total. The molecule has 0 atom stereocenters. The van der Waals surface area contributed by atoms with Crippen LogP contribution in [0.1, 0.15) is 27.0 Å². The lowest BCUT2D eigenvalue weighted by Gasteiger charge is -2.12. The SMILES string of the molecule is Cc1cc(C)c(-c2ccncc2C)cc1C(=O)O. The van der Waals surface area contributed by atoms with E-state index in [1.165, 1.54) is 0 Å². The lowest BCUT2D eigenvalue weighted by Crippen LogP contribution is -2.01. The highest BCUT2D eigenvalue weighted by Crippen LogP contribution is 2.28. The van der Waals surface area contributed by atoms with Crippen molar-refractivity contribution in [3.05, 3.63) is 52.8 Å². The number of hydrogen-bond donors (Lipinski definition) is 1. The summed E-state index contributed by atoms with van der Waals surface area (Å²) < 4.78 is 0. The van der Waals surface area contributed by atoms with Crippen molar-refractivity contribution in [2.45, 2.75) is 20.8 Å². The molecule has 0 amide bonds. The number of aryl methyl sites for hydroxylation is 3. The summed E-state index contributed by atoms with van der Waals surface area (Å²) in [4.78, 5) is 15.2. The summed E-state index contributed by atoms with van der Waals surface area (Å²) in [6, 6.07) is 5.58. The second kappa shape index (κ2) is 4.61. The fourth-order valence-corrected chi connectivity index (χ4v) is 2.15. The number of carbonyl (C=O) groups is 1. The Bertz CT molecular complexity index is 618. The van der Waals surface area contributed by atoms with Gasteiger partial charge in [-0.25, -0.2) is 4.79 Å². The average molecular weight is 241 g/mol. The summed E-state index contributed by atoms with van der Waals surface area (Å²) in [6.45, 7) is 5.79. The fraction of sp³-hybridized carbons (Fsp3) is 0.200. The smallest absolute Gasteiger partial charge is 0.335 e. The predicted molar refractivity (Wildman–Crippen MR) is 70.8 cm³/mol.